The van der Waals surface area contributed by atoms with E-state index < -0.39 is 11.5 Å². The van der Waals surface area contributed by atoms with Gasteiger partial charge in [0.2, 0.25) is 0 Å². The number of benzene rings is 1. The molecule has 0 saturated heterocycles. The Morgan fingerprint density at radius 1 is 1.30 bits per heavy atom. The Hall–Kier alpha value is -2.21. The number of aryl methyl sites for hydroxylation is 1. The van der Waals surface area contributed by atoms with Gasteiger partial charge in [0.1, 0.15) is 10.5 Å². The van der Waals surface area contributed by atoms with E-state index in [1.54, 1.807) is 30.4 Å². The van der Waals surface area contributed by atoms with Crippen molar-refractivity contribution in [1.29, 1.82) is 0 Å². The Bertz CT molecular complexity index is 709. The predicted octanol–water partition coefficient (Wildman–Crippen LogP) is 3.19. The molecule has 5 nitrogen and oxygen atoms in total. The molecule has 6 heteroatoms. The van der Waals surface area contributed by atoms with Crippen LogP contribution >= 0.6 is 11.3 Å². The topological polar surface area (TPSA) is 68.3 Å². The Morgan fingerprint density at radius 3 is 2.43 bits per heavy atom. The minimum Gasteiger partial charge on any atom is -0.467 e. The fourth-order valence-corrected chi connectivity index (χ4v) is 2.89. The van der Waals surface area contributed by atoms with Crippen LogP contribution in [0.5, 0.6) is 0 Å². The summed E-state index contributed by atoms with van der Waals surface area (Å²) in [4.78, 5) is 28.6. The zero-order chi connectivity index (χ0) is 17.0. The summed E-state index contributed by atoms with van der Waals surface area (Å²) in [5.41, 5.74) is 1.40. The number of amides is 1. The molecule has 1 N–H and O–H groups in total. The van der Waals surface area contributed by atoms with Crippen LogP contribution in [0.15, 0.2) is 29.6 Å². The van der Waals surface area contributed by atoms with Crippen molar-refractivity contribution in [3.05, 3.63) is 40.9 Å². The SMILES string of the molecule is CC[C@](C)(NC(=O)c1ccc(-c2nc(C)cs2)cc1)C(=O)OC. The van der Waals surface area contributed by atoms with Crippen LogP contribution in [0.2, 0.25) is 0 Å². The Labute approximate surface area is 139 Å². The van der Waals surface area contributed by atoms with E-state index in [0.717, 1.165) is 16.3 Å². The Balaban J connectivity index is 2.15. The van der Waals surface area contributed by atoms with Crippen molar-refractivity contribution in [3.8, 4) is 10.6 Å². The van der Waals surface area contributed by atoms with Gasteiger partial charge in [-0.1, -0.05) is 19.1 Å². The number of thiazole rings is 1. The Kier molecular flexibility index (Phi) is 5.15. The van der Waals surface area contributed by atoms with Crippen molar-refractivity contribution in [2.24, 2.45) is 0 Å². The fraction of sp³-hybridized carbons (Fsp3) is 0.353. The lowest BCUT2D eigenvalue weighted by molar-refractivity contribution is -0.147. The summed E-state index contributed by atoms with van der Waals surface area (Å²) in [6.07, 6.45) is 0.446. The maximum absolute atomic E-state index is 12.4. The molecular formula is C17H20N2O3S. The number of hydrogen-bond donors (Lipinski definition) is 1. The second-order valence-corrected chi connectivity index (χ2v) is 6.36. The van der Waals surface area contributed by atoms with E-state index in [9.17, 15) is 9.59 Å². The molecule has 0 fully saturated rings. The average Bonchev–Trinajstić information content (AvgIpc) is 3.00. The van der Waals surface area contributed by atoms with Crippen LogP contribution in [0.3, 0.4) is 0 Å². The number of hydrogen-bond acceptors (Lipinski definition) is 5. The normalized spacial score (nSPS) is 13.2. The molecule has 2 aromatic rings. The van der Waals surface area contributed by atoms with Crippen LogP contribution in [0.4, 0.5) is 0 Å². The number of nitrogens with zero attached hydrogens (tertiary/aromatic N) is 1. The predicted molar refractivity (Wildman–Crippen MR) is 90.5 cm³/mol. The zero-order valence-corrected chi connectivity index (χ0v) is 14.5. The highest BCUT2D eigenvalue weighted by atomic mass is 32.1. The van der Waals surface area contributed by atoms with E-state index in [1.165, 1.54) is 7.11 Å². The molecule has 0 aliphatic carbocycles. The molecule has 1 atom stereocenters. The molecule has 0 radical (unpaired) electrons. The van der Waals surface area contributed by atoms with E-state index in [0.29, 0.717) is 12.0 Å². The second kappa shape index (κ2) is 6.91. The lowest BCUT2D eigenvalue weighted by Crippen LogP contribution is -2.52. The molecule has 23 heavy (non-hydrogen) atoms. The quantitative estimate of drug-likeness (QED) is 0.854. The first-order valence-corrected chi connectivity index (χ1v) is 8.21. The molecule has 0 aliphatic heterocycles. The molecule has 1 heterocycles. The monoisotopic (exact) mass is 332 g/mol. The van der Waals surface area contributed by atoms with E-state index in [2.05, 4.69) is 10.3 Å². The summed E-state index contributed by atoms with van der Waals surface area (Å²) in [6.45, 7) is 5.43. The molecule has 0 saturated carbocycles. The van der Waals surface area contributed by atoms with Gasteiger partial charge in [-0.25, -0.2) is 9.78 Å². The largest absolute Gasteiger partial charge is 0.467 e. The van der Waals surface area contributed by atoms with E-state index >= 15 is 0 Å². The molecular weight excluding hydrogens is 312 g/mol. The highest BCUT2D eigenvalue weighted by molar-refractivity contribution is 7.13. The van der Waals surface area contributed by atoms with Gasteiger partial charge < -0.3 is 10.1 Å². The summed E-state index contributed by atoms with van der Waals surface area (Å²) >= 11 is 1.56. The van der Waals surface area contributed by atoms with Gasteiger partial charge in [0, 0.05) is 22.2 Å². The molecule has 0 spiro atoms. The standard InChI is InChI=1S/C17H20N2O3S/c1-5-17(3,16(21)22-4)19-14(20)12-6-8-13(9-7-12)15-18-11(2)10-23-15/h6-10H,5H2,1-4H3,(H,19,20)/t17-/m0/s1. The number of nitrogens with one attached hydrogen (secondary N) is 1. The van der Waals surface area contributed by atoms with Crippen LogP contribution < -0.4 is 5.32 Å². The number of rotatable bonds is 5. The lowest BCUT2D eigenvalue weighted by Gasteiger charge is -2.26. The van der Waals surface area contributed by atoms with Crippen LogP contribution in [0.25, 0.3) is 10.6 Å². The van der Waals surface area contributed by atoms with Gasteiger partial charge in [-0.3, -0.25) is 4.79 Å². The number of ether oxygens (including phenoxy) is 1. The molecule has 0 aliphatic rings. The fourth-order valence-electron chi connectivity index (χ4n) is 2.08. The zero-order valence-electron chi connectivity index (χ0n) is 13.7. The number of esters is 1. The van der Waals surface area contributed by atoms with Crippen LogP contribution in [0.1, 0.15) is 36.3 Å². The molecule has 0 bridgehead atoms. The van der Waals surface area contributed by atoms with Gasteiger partial charge in [0.05, 0.1) is 7.11 Å². The molecule has 0 unspecified atom stereocenters. The number of aromatic nitrogens is 1. The van der Waals surface area contributed by atoms with E-state index in [4.69, 9.17) is 4.74 Å². The molecule has 2 rings (SSSR count). The third kappa shape index (κ3) is 3.76. The third-order valence-electron chi connectivity index (χ3n) is 3.75. The molecule has 1 aromatic heterocycles. The minimum atomic E-state index is -1.03. The summed E-state index contributed by atoms with van der Waals surface area (Å²) in [5.74, 6) is -0.759. The lowest BCUT2D eigenvalue weighted by atomic mass is 9.98. The maximum atomic E-state index is 12.4. The van der Waals surface area contributed by atoms with Crippen molar-refractivity contribution >= 4 is 23.2 Å². The highest BCUT2D eigenvalue weighted by Gasteiger charge is 2.34. The van der Waals surface area contributed by atoms with Crippen LogP contribution in [0, 0.1) is 6.92 Å². The number of carbonyl (C=O) groups excluding carboxylic acids is 2. The summed E-state index contributed by atoms with van der Waals surface area (Å²) in [6, 6.07) is 7.17. The highest BCUT2D eigenvalue weighted by Crippen LogP contribution is 2.24. The van der Waals surface area contributed by atoms with Gasteiger partial charge in [-0.05, 0) is 32.4 Å². The Morgan fingerprint density at radius 2 is 1.96 bits per heavy atom. The van der Waals surface area contributed by atoms with Gasteiger partial charge >= 0.3 is 5.97 Å². The number of methoxy groups -OCH3 is 1. The molecule has 122 valence electrons. The maximum Gasteiger partial charge on any atom is 0.331 e. The summed E-state index contributed by atoms with van der Waals surface area (Å²) in [5, 5.41) is 5.65. The van der Waals surface area contributed by atoms with Crippen LogP contribution in [-0.4, -0.2) is 29.5 Å². The molecule has 1 amide bonds. The van der Waals surface area contributed by atoms with Crippen molar-refractivity contribution in [1.82, 2.24) is 10.3 Å². The minimum absolute atomic E-state index is 0.304. The van der Waals surface area contributed by atoms with Gasteiger partial charge in [0.25, 0.3) is 5.91 Å². The van der Waals surface area contributed by atoms with Crippen molar-refractivity contribution in [3.63, 3.8) is 0 Å². The summed E-state index contributed by atoms with van der Waals surface area (Å²) < 4.78 is 4.76. The molecule has 1 aromatic carbocycles. The first kappa shape index (κ1) is 17.1. The van der Waals surface area contributed by atoms with Crippen molar-refractivity contribution < 1.29 is 14.3 Å². The summed E-state index contributed by atoms with van der Waals surface area (Å²) in [7, 11) is 1.31. The second-order valence-electron chi connectivity index (χ2n) is 5.50. The van der Waals surface area contributed by atoms with Gasteiger partial charge in [-0.15, -0.1) is 11.3 Å². The number of carbonyl (C=O) groups is 2. The van der Waals surface area contributed by atoms with Gasteiger partial charge in [0.15, 0.2) is 0 Å². The van der Waals surface area contributed by atoms with E-state index in [-0.39, 0.29) is 5.91 Å². The van der Waals surface area contributed by atoms with Crippen LogP contribution in [-0.2, 0) is 9.53 Å². The van der Waals surface area contributed by atoms with Crippen molar-refractivity contribution in [2.45, 2.75) is 32.7 Å². The average molecular weight is 332 g/mol. The first-order chi connectivity index (χ1) is 10.9. The smallest absolute Gasteiger partial charge is 0.331 e. The van der Waals surface area contributed by atoms with Gasteiger partial charge in [-0.2, -0.15) is 0 Å². The third-order valence-corrected chi connectivity index (χ3v) is 4.75. The van der Waals surface area contributed by atoms with E-state index in [1.807, 2.05) is 31.4 Å². The first-order valence-electron chi connectivity index (χ1n) is 7.33. The van der Waals surface area contributed by atoms with Crippen molar-refractivity contribution in [2.75, 3.05) is 7.11 Å².